The molecule has 170 valence electrons. The summed E-state index contributed by atoms with van der Waals surface area (Å²) in [7, 11) is -3.93. The Hall–Kier alpha value is -2.52. The summed E-state index contributed by atoms with van der Waals surface area (Å²) in [6.45, 7) is 0. The minimum absolute atomic E-state index is 0.133. The summed E-state index contributed by atoms with van der Waals surface area (Å²) < 4.78 is 29.5. The predicted octanol–water partition coefficient (Wildman–Crippen LogP) is 5.72. The smallest absolute Gasteiger partial charge is 0.335 e. The van der Waals surface area contributed by atoms with E-state index in [1.807, 2.05) is 0 Å². The quantitative estimate of drug-likeness (QED) is 0.431. The first-order valence-electron chi connectivity index (χ1n) is 9.79. The maximum absolute atomic E-state index is 13.4. The third kappa shape index (κ3) is 5.35. The van der Waals surface area contributed by atoms with Crippen molar-refractivity contribution in [2.45, 2.75) is 16.9 Å². The first-order chi connectivity index (χ1) is 15.7. The molecule has 33 heavy (non-hydrogen) atoms. The zero-order chi connectivity index (χ0) is 23.6. The molecular formula is C23H18Cl2N2O4S2. The number of sulfonamides is 1. The molecule has 0 unspecified atom stereocenters. The number of amidine groups is 1. The van der Waals surface area contributed by atoms with Gasteiger partial charge in [-0.15, -0.1) is 4.40 Å². The number of nitrogens with zero attached hydrogens (tertiary/aromatic N) is 1. The van der Waals surface area contributed by atoms with Crippen LogP contribution < -0.4 is 5.32 Å². The molecule has 1 aliphatic heterocycles. The number of hydrogen-bond acceptors (Lipinski definition) is 5. The number of rotatable bonds is 6. The van der Waals surface area contributed by atoms with E-state index >= 15 is 0 Å². The number of carboxylic acid groups (broad SMARTS) is 1. The maximum Gasteiger partial charge on any atom is 0.335 e. The monoisotopic (exact) mass is 520 g/mol. The molecule has 0 atom stereocenters. The summed E-state index contributed by atoms with van der Waals surface area (Å²) in [4.78, 5) is 11.1. The number of aromatic carboxylic acids is 1. The van der Waals surface area contributed by atoms with E-state index in [1.54, 1.807) is 60.7 Å². The largest absolute Gasteiger partial charge is 0.478 e. The van der Waals surface area contributed by atoms with Gasteiger partial charge in [0.25, 0.3) is 10.0 Å². The Labute approximate surface area is 205 Å². The van der Waals surface area contributed by atoms with Crippen LogP contribution in [0.2, 0.25) is 10.0 Å². The first kappa shape index (κ1) is 23.6. The average molecular weight is 521 g/mol. The summed E-state index contributed by atoms with van der Waals surface area (Å²) in [5.74, 6) is -1.04. The van der Waals surface area contributed by atoms with Gasteiger partial charge >= 0.3 is 5.97 Å². The van der Waals surface area contributed by atoms with Crippen LogP contribution in [0.25, 0.3) is 0 Å². The standard InChI is InChI=1S/C23H18Cl2N2O4S2/c24-18-7-1-15(2-8-18)13-23(14-16-3-9-19(25)10-4-16)32-22(27-33(23,30)31)26-20-11-5-17(6-12-20)21(28)29/h1-12H,13-14H2,(H,26,27)(H,28,29). The maximum atomic E-state index is 13.4. The molecule has 1 aliphatic rings. The second-order valence-electron chi connectivity index (χ2n) is 7.50. The van der Waals surface area contributed by atoms with Gasteiger partial charge in [0.15, 0.2) is 9.25 Å². The fourth-order valence-corrected chi connectivity index (χ4v) is 7.04. The molecule has 0 aliphatic carbocycles. The van der Waals surface area contributed by atoms with Crippen molar-refractivity contribution in [2.24, 2.45) is 4.40 Å². The first-order valence-corrected chi connectivity index (χ1v) is 12.8. The number of thioether (sulfide) groups is 1. The van der Waals surface area contributed by atoms with Gasteiger partial charge in [-0.3, -0.25) is 0 Å². The lowest BCUT2D eigenvalue weighted by Gasteiger charge is -2.26. The number of anilines is 1. The summed E-state index contributed by atoms with van der Waals surface area (Å²) in [5.41, 5.74) is 2.29. The van der Waals surface area contributed by atoms with Gasteiger partial charge in [-0.05, 0) is 59.7 Å². The number of benzene rings is 3. The zero-order valence-electron chi connectivity index (χ0n) is 17.0. The van der Waals surface area contributed by atoms with Gasteiger partial charge in [0, 0.05) is 28.6 Å². The van der Waals surface area contributed by atoms with E-state index in [1.165, 1.54) is 12.1 Å². The molecule has 10 heteroatoms. The van der Waals surface area contributed by atoms with E-state index in [0.29, 0.717) is 15.7 Å². The molecule has 0 spiro atoms. The topological polar surface area (TPSA) is 95.8 Å². The summed E-state index contributed by atoms with van der Waals surface area (Å²) in [5, 5.41) is 13.4. The van der Waals surface area contributed by atoms with Crippen LogP contribution in [0.5, 0.6) is 0 Å². The molecule has 3 aromatic carbocycles. The number of carbonyl (C=O) groups is 1. The predicted molar refractivity (Wildman–Crippen MR) is 134 cm³/mol. The van der Waals surface area contributed by atoms with Crippen LogP contribution in [-0.2, 0) is 22.9 Å². The molecular weight excluding hydrogens is 503 g/mol. The van der Waals surface area contributed by atoms with Gasteiger partial charge in [-0.2, -0.15) is 0 Å². The Balaban J connectivity index is 1.65. The Morgan fingerprint density at radius 2 is 1.36 bits per heavy atom. The minimum atomic E-state index is -3.93. The highest BCUT2D eigenvalue weighted by Gasteiger charge is 2.51. The van der Waals surface area contributed by atoms with Crippen molar-refractivity contribution in [1.82, 2.24) is 0 Å². The third-order valence-electron chi connectivity index (χ3n) is 5.11. The molecule has 4 rings (SSSR count). The molecule has 0 saturated heterocycles. The fraction of sp³-hybridized carbons (Fsp3) is 0.130. The highest BCUT2D eigenvalue weighted by Crippen LogP contribution is 2.45. The van der Waals surface area contributed by atoms with Crippen molar-refractivity contribution in [3.63, 3.8) is 0 Å². The van der Waals surface area contributed by atoms with Crippen molar-refractivity contribution in [1.29, 1.82) is 0 Å². The van der Waals surface area contributed by atoms with Gasteiger partial charge in [0.2, 0.25) is 0 Å². The van der Waals surface area contributed by atoms with Gasteiger partial charge in [-0.1, -0.05) is 59.2 Å². The highest BCUT2D eigenvalue weighted by atomic mass is 35.5. The normalized spacial score (nSPS) is 16.2. The number of halogens is 2. The van der Waals surface area contributed by atoms with Crippen molar-refractivity contribution >= 4 is 61.8 Å². The molecule has 0 amide bonds. The molecule has 0 fully saturated rings. The number of carboxylic acids is 1. The van der Waals surface area contributed by atoms with Gasteiger partial charge in [0.05, 0.1) is 5.56 Å². The lowest BCUT2D eigenvalue weighted by atomic mass is 10.0. The lowest BCUT2D eigenvalue weighted by molar-refractivity contribution is 0.0697. The van der Waals surface area contributed by atoms with Crippen LogP contribution in [0.4, 0.5) is 5.69 Å². The number of hydrogen-bond donors (Lipinski definition) is 2. The van der Waals surface area contributed by atoms with E-state index in [4.69, 9.17) is 28.3 Å². The molecule has 0 aromatic heterocycles. The van der Waals surface area contributed by atoms with Crippen molar-refractivity contribution in [3.8, 4) is 0 Å². The van der Waals surface area contributed by atoms with E-state index in [2.05, 4.69) is 9.71 Å². The SMILES string of the molecule is O=C(O)c1ccc(NC2=NS(=O)(=O)C(Cc3ccc(Cl)cc3)(Cc3ccc(Cl)cc3)S2)cc1. The third-order valence-corrected chi connectivity index (χ3v) is 9.31. The molecule has 0 bridgehead atoms. The van der Waals surface area contributed by atoms with E-state index in [9.17, 15) is 13.2 Å². The van der Waals surface area contributed by atoms with Crippen LogP contribution in [0.3, 0.4) is 0 Å². The van der Waals surface area contributed by atoms with Crippen LogP contribution in [0.15, 0.2) is 77.2 Å². The van der Waals surface area contributed by atoms with E-state index in [-0.39, 0.29) is 23.6 Å². The van der Waals surface area contributed by atoms with E-state index < -0.39 is 20.1 Å². The van der Waals surface area contributed by atoms with Crippen LogP contribution in [0, 0.1) is 0 Å². The Bertz CT molecular complexity index is 1260. The summed E-state index contributed by atoms with van der Waals surface area (Å²) in [6, 6.07) is 20.1. The van der Waals surface area contributed by atoms with Crippen molar-refractivity contribution in [3.05, 3.63) is 99.5 Å². The van der Waals surface area contributed by atoms with E-state index in [0.717, 1.165) is 22.9 Å². The second-order valence-corrected chi connectivity index (χ2v) is 11.9. The van der Waals surface area contributed by atoms with Gasteiger partial charge < -0.3 is 10.4 Å². The minimum Gasteiger partial charge on any atom is -0.478 e. The highest BCUT2D eigenvalue weighted by molar-refractivity contribution is 8.26. The molecule has 0 saturated carbocycles. The van der Waals surface area contributed by atoms with Crippen LogP contribution >= 0.6 is 35.0 Å². The fourth-order valence-electron chi connectivity index (χ4n) is 3.45. The van der Waals surface area contributed by atoms with Gasteiger partial charge in [-0.25, -0.2) is 13.2 Å². The summed E-state index contributed by atoms with van der Waals surface area (Å²) >= 11 is 13.1. The second kappa shape index (κ2) is 9.38. The number of nitrogens with one attached hydrogen (secondary N) is 1. The van der Waals surface area contributed by atoms with Crippen LogP contribution in [-0.4, -0.2) is 28.7 Å². The molecule has 1 heterocycles. The van der Waals surface area contributed by atoms with Crippen molar-refractivity contribution < 1.29 is 18.3 Å². The average Bonchev–Trinajstić information content (AvgIpc) is 3.00. The molecule has 2 N–H and O–H groups in total. The molecule has 6 nitrogen and oxygen atoms in total. The Morgan fingerprint density at radius 3 is 1.82 bits per heavy atom. The van der Waals surface area contributed by atoms with Crippen molar-refractivity contribution in [2.75, 3.05) is 5.32 Å². The van der Waals surface area contributed by atoms with Crippen LogP contribution in [0.1, 0.15) is 21.5 Å². The lowest BCUT2D eigenvalue weighted by Crippen LogP contribution is -2.36. The molecule has 3 aromatic rings. The summed E-state index contributed by atoms with van der Waals surface area (Å²) in [6.07, 6.45) is 0.429. The molecule has 0 radical (unpaired) electrons. The zero-order valence-corrected chi connectivity index (χ0v) is 20.2. The Kier molecular flexibility index (Phi) is 6.72. The van der Waals surface area contributed by atoms with Gasteiger partial charge in [0.1, 0.15) is 0 Å². The Morgan fingerprint density at radius 1 is 0.879 bits per heavy atom.